The Morgan fingerprint density at radius 1 is 0.889 bits per heavy atom. The number of sulfonamides is 1. The third-order valence-electron chi connectivity index (χ3n) is 2.46. The van der Waals surface area contributed by atoms with Crippen LogP contribution in [0.5, 0.6) is 0 Å². The molecule has 0 unspecified atom stereocenters. The monoisotopic (exact) mass is 259 g/mol. The lowest BCUT2D eigenvalue weighted by Gasteiger charge is -2.05. The Morgan fingerprint density at radius 2 is 1.39 bits per heavy atom. The molecule has 2 rings (SSSR count). The molecule has 2 N–H and O–H groups in total. The Kier molecular flexibility index (Phi) is 3.60. The van der Waals surface area contributed by atoms with Crippen LogP contribution in [-0.4, -0.2) is 8.42 Å². The van der Waals surface area contributed by atoms with E-state index < -0.39 is 10.0 Å². The van der Waals surface area contributed by atoms with Crippen LogP contribution in [0, 0.1) is 0 Å². The molecule has 0 atom stereocenters. The van der Waals surface area contributed by atoms with Crippen molar-refractivity contribution in [3.63, 3.8) is 0 Å². The molecule has 0 bridgehead atoms. The maximum Gasteiger partial charge on any atom is 0.238 e. The molecule has 0 saturated carbocycles. The van der Waals surface area contributed by atoms with Gasteiger partial charge in [0, 0.05) is 0 Å². The van der Waals surface area contributed by atoms with E-state index >= 15 is 0 Å². The predicted octanol–water partition coefficient (Wildman–Crippen LogP) is 2.47. The fourth-order valence-corrected chi connectivity index (χ4v) is 2.40. The Labute approximate surface area is 107 Å². The van der Waals surface area contributed by atoms with Crippen LogP contribution in [0.15, 0.2) is 60.7 Å². The summed E-state index contributed by atoms with van der Waals surface area (Å²) in [5.74, 6) is 0. The highest BCUT2D eigenvalue weighted by Crippen LogP contribution is 2.21. The summed E-state index contributed by atoms with van der Waals surface area (Å²) in [4.78, 5) is 0.120. The minimum atomic E-state index is -3.76. The Morgan fingerprint density at radius 3 is 1.89 bits per heavy atom. The standard InChI is InChI=1S/C14H13NO2S/c15-18(16,17)14(13-9-5-2-6-10-13)11-12-7-3-1-4-8-12/h1-11H,(H2,15,16,17). The number of benzene rings is 2. The lowest BCUT2D eigenvalue weighted by Crippen LogP contribution is -2.13. The zero-order chi connectivity index (χ0) is 13.0. The molecule has 0 radical (unpaired) electrons. The number of primary sulfonamides is 1. The van der Waals surface area contributed by atoms with Crippen molar-refractivity contribution < 1.29 is 8.42 Å². The summed E-state index contributed by atoms with van der Waals surface area (Å²) in [7, 11) is -3.76. The molecule has 18 heavy (non-hydrogen) atoms. The molecule has 0 heterocycles. The number of rotatable bonds is 3. The van der Waals surface area contributed by atoms with E-state index in [1.54, 1.807) is 30.3 Å². The normalized spacial score (nSPS) is 12.4. The van der Waals surface area contributed by atoms with Gasteiger partial charge in [0.2, 0.25) is 10.0 Å². The minimum Gasteiger partial charge on any atom is -0.225 e. The molecule has 2 aromatic carbocycles. The van der Waals surface area contributed by atoms with Crippen LogP contribution in [0.2, 0.25) is 0 Å². The lowest BCUT2D eigenvalue weighted by atomic mass is 10.1. The molecule has 0 spiro atoms. The van der Waals surface area contributed by atoms with Crippen molar-refractivity contribution in [2.45, 2.75) is 0 Å². The molecule has 0 saturated heterocycles. The van der Waals surface area contributed by atoms with Gasteiger partial charge in [-0.1, -0.05) is 60.7 Å². The van der Waals surface area contributed by atoms with E-state index in [2.05, 4.69) is 0 Å². The molecule has 2 aromatic rings. The van der Waals surface area contributed by atoms with Crippen LogP contribution >= 0.6 is 0 Å². The highest BCUT2D eigenvalue weighted by Gasteiger charge is 2.14. The van der Waals surface area contributed by atoms with Gasteiger partial charge in [0.25, 0.3) is 0 Å². The molecule has 0 aliphatic heterocycles. The van der Waals surface area contributed by atoms with Crippen molar-refractivity contribution >= 4 is 21.0 Å². The first kappa shape index (κ1) is 12.5. The second kappa shape index (κ2) is 5.16. The zero-order valence-electron chi connectivity index (χ0n) is 9.65. The molecule has 92 valence electrons. The lowest BCUT2D eigenvalue weighted by molar-refractivity contribution is 0.607. The van der Waals surface area contributed by atoms with Gasteiger partial charge in [-0.15, -0.1) is 0 Å². The van der Waals surface area contributed by atoms with E-state index in [0.29, 0.717) is 5.56 Å². The van der Waals surface area contributed by atoms with Gasteiger partial charge in [0.15, 0.2) is 0 Å². The van der Waals surface area contributed by atoms with Gasteiger partial charge in [-0.3, -0.25) is 0 Å². The average molecular weight is 259 g/mol. The minimum absolute atomic E-state index is 0.120. The number of hydrogen-bond donors (Lipinski definition) is 1. The van der Waals surface area contributed by atoms with Crippen LogP contribution in [-0.2, 0) is 10.0 Å². The Hall–Kier alpha value is -1.91. The predicted molar refractivity (Wildman–Crippen MR) is 73.9 cm³/mol. The van der Waals surface area contributed by atoms with Gasteiger partial charge in [-0.25, -0.2) is 13.6 Å². The summed E-state index contributed by atoms with van der Waals surface area (Å²) in [6, 6.07) is 18.0. The van der Waals surface area contributed by atoms with E-state index in [0.717, 1.165) is 5.56 Å². The SMILES string of the molecule is NS(=O)(=O)C(=Cc1ccccc1)c1ccccc1. The molecule has 0 aliphatic rings. The first-order valence-corrected chi connectivity index (χ1v) is 6.97. The average Bonchev–Trinajstić information content (AvgIpc) is 2.37. The molecule has 3 nitrogen and oxygen atoms in total. The summed E-state index contributed by atoms with van der Waals surface area (Å²) >= 11 is 0. The van der Waals surface area contributed by atoms with Crippen molar-refractivity contribution in [3.8, 4) is 0 Å². The number of hydrogen-bond acceptors (Lipinski definition) is 2. The maximum atomic E-state index is 11.6. The van der Waals surface area contributed by atoms with Gasteiger partial charge < -0.3 is 0 Å². The fourth-order valence-electron chi connectivity index (χ4n) is 1.63. The fraction of sp³-hybridized carbons (Fsp3) is 0. The first-order valence-electron chi connectivity index (χ1n) is 5.42. The maximum absolute atomic E-state index is 11.6. The van der Waals surface area contributed by atoms with Gasteiger partial charge >= 0.3 is 0 Å². The summed E-state index contributed by atoms with van der Waals surface area (Å²) in [6.45, 7) is 0. The highest BCUT2D eigenvalue weighted by molar-refractivity contribution is 7.98. The van der Waals surface area contributed by atoms with Crippen molar-refractivity contribution in [3.05, 3.63) is 71.8 Å². The van der Waals surface area contributed by atoms with E-state index in [-0.39, 0.29) is 4.91 Å². The van der Waals surface area contributed by atoms with Crippen LogP contribution < -0.4 is 5.14 Å². The topological polar surface area (TPSA) is 60.2 Å². The molecule has 0 aromatic heterocycles. The molecular weight excluding hydrogens is 246 g/mol. The third-order valence-corrected chi connectivity index (χ3v) is 3.43. The first-order chi connectivity index (χ1) is 8.57. The van der Waals surface area contributed by atoms with Gasteiger partial charge in [0.05, 0.1) is 4.91 Å². The highest BCUT2D eigenvalue weighted by atomic mass is 32.2. The van der Waals surface area contributed by atoms with Crippen molar-refractivity contribution in [1.82, 2.24) is 0 Å². The zero-order valence-corrected chi connectivity index (χ0v) is 10.5. The number of nitrogens with two attached hydrogens (primary N) is 1. The summed E-state index contributed by atoms with van der Waals surface area (Å²) in [5.41, 5.74) is 1.38. The molecule has 4 heteroatoms. The van der Waals surface area contributed by atoms with Crippen LogP contribution in [0.4, 0.5) is 0 Å². The Bertz CT molecular complexity index is 647. The van der Waals surface area contributed by atoms with E-state index in [9.17, 15) is 8.42 Å². The van der Waals surface area contributed by atoms with E-state index in [4.69, 9.17) is 5.14 Å². The van der Waals surface area contributed by atoms with Crippen molar-refractivity contribution in [2.75, 3.05) is 0 Å². The van der Waals surface area contributed by atoms with Gasteiger partial charge in [0.1, 0.15) is 0 Å². The molecule has 0 amide bonds. The quantitative estimate of drug-likeness (QED) is 0.861. The second-order valence-corrected chi connectivity index (χ2v) is 5.36. The molecule has 0 aliphatic carbocycles. The van der Waals surface area contributed by atoms with E-state index in [1.165, 1.54) is 0 Å². The van der Waals surface area contributed by atoms with Crippen molar-refractivity contribution in [1.29, 1.82) is 0 Å². The second-order valence-electron chi connectivity index (χ2n) is 3.83. The van der Waals surface area contributed by atoms with Gasteiger partial charge in [-0.2, -0.15) is 0 Å². The van der Waals surface area contributed by atoms with E-state index in [1.807, 2.05) is 36.4 Å². The summed E-state index contributed by atoms with van der Waals surface area (Å²) < 4.78 is 23.3. The van der Waals surface area contributed by atoms with Crippen LogP contribution in [0.25, 0.3) is 11.0 Å². The molecular formula is C14H13NO2S. The third kappa shape index (κ3) is 3.06. The Balaban J connectivity index is 2.56. The van der Waals surface area contributed by atoms with Crippen molar-refractivity contribution in [2.24, 2.45) is 5.14 Å². The summed E-state index contributed by atoms with van der Waals surface area (Å²) in [6.07, 6.45) is 1.57. The molecule has 0 fully saturated rings. The largest absolute Gasteiger partial charge is 0.238 e. The smallest absolute Gasteiger partial charge is 0.225 e. The van der Waals surface area contributed by atoms with Gasteiger partial charge in [-0.05, 0) is 17.2 Å². The summed E-state index contributed by atoms with van der Waals surface area (Å²) in [5, 5.41) is 5.26. The van der Waals surface area contributed by atoms with Crippen LogP contribution in [0.1, 0.15) is 11.1 Å². The van der Waals surface area contributed by atoms with Crippen LogP contribution in [0.3, 0.4) is 0 Å².